The summed E-state index contributed by atoms with van der Waals surface area (Å²) < 4.78 is 14.6. The van der Waals surface area contributed by atoms with Gasteiger partial charge in [0.2, 0.25) is 5.95 Å². The van der Waals surface area contributed by atoms with Crippen molar-refractivity contribution >= 4 is 17.4 Å². The predicted molar refractivity (Wildman–Crippen MR) is 81.9 cm³/mol. The number of fused-ring (bicyclic) bond motifs is 1. The van der Waals surface area contributed by atoms with Gasteiger partial charge in [-0.15, -0.1) is 15.3 Å². The summed E-state index contributed by atoms with van der Waals surface area (Å²) >= 11 is 0. The molecule has 118 valence electrons. The summed E-state index contributed by atoms with van der Waals surface area (Å²) in [5.41, 5.74) is 0.736. The van der Waals surface area contributed by atoms with Crippen molar-refractivity contribution in [3.8, 4) is 0 Å². The second-order valence-corrected chi connectivity index (χ2v) is 5.58. The van der Waals surface area contributed by atoms with Crippen molar-refractivity contribution in [3.63, 3.8) is 0 Å². The molecule has 0 saturated carbocycles. The Labute approximate surface area is 131 Å². The van der Waals surface area contributed by atoms with Crippen molar-refractivity contribution in [1.29, 1.82) is 0 Å². The van der Waals surface area contributed by atoms with E-state index in [1.807, 2.05) is 31.0 Å². The first-order valence-electron chi connectivity index (χ1n) is 7.26. The minimum absolute atomic E-state index is 0.264. The molecular formula is C14H15FN8. The largest absolute Gasteiger partial charge is 0.351 e. The van der Waals surface area contributed by atoms with Crippen LogP contribution in [0.5, 0.6) is 0 Å². The van der Waals surface area contributed by atoms with E-state index >= 15 is 0 Å². The Hall–Kier alpha value is -2.84. The third-order valence-electron chi connectivity index (χ3n) is 4.06. The molecule has 1 fully saturated rings. The molecule has 8 nitrogen and oxygen atoms in total. The number of aromatic nitrogens is 6. The molecule has 3 aromatic heterocycles. The fourth-order valence-corrected chi connectivity index (χ4v) is 2.59. The van der Waals surface area contributed by atoms with Gasteiger partial charge in [0.25, 0.3) is 0 Å². The molecule has 3 aromatic rings. The fourth-order valence-electron chi connectivity index (χ4n) is 2.59. The lowest BCUT2D eigenvalue weighted by Crippen LogP contribution is -2.59. The first kappa shape index (κ1) is 13.8. The standard InChI is InChI=1S/C14H15FN8/c1-9-18-19-12-3-4-13(20-23(9)12)22-7-11(8-22)21(2)14-16-5-10(15)6-17-14/h3-6,11H,7-8H2,1-2H3. The van der Waals surface area contributed by atoms with Crippen LogP contribution in [0.15, 0.2) is 24.5 Å². The maximum atomic E-state index is 12.9. The van der Waals surface area contributed by atoms with E-state index in [4.69, 9.17) is 0 Å². The lowest BCUT2D eigenvalue weighted by molar-refractivity contribution is 0.482. The Morgan fingerprint density at radius 3 is 2.65 bits per heavy atom. The Morgan fingerprint density at radius 2 is 1.91 bits per heavy atom. The molecule has 0 spiro atoms. The van der Waals surface area contributed by atoms with Gasteiger partial charge in [-0.2, -0.15) is 4.52 Å². The van der Waals surface area contributed by atoms with Gasteiger partial charge in [-0.25, -0.2) is 14.4 Å². The molecule has 0 unspecified atom stereocenters. The third kappa shape index (κ3) is 2.33. The highest BCUT2D eigenvalue weighted by molar-refractivity contribution is 5.49. The fraction of sp³-hybridized carbons (Fsp3) is 0.357. The van der Waals surface area contributed by atoms with E-state index in [0.29, 0.717) is 5.95 Å². The molecule has 1 aliphatic heterocycles. The number of nitrogens with zero attached hydrogens (tertiary/aromatic N) is 8. The van der Waals surface area contributed by atoms with Crippen LogP contribution < -0.4 is 9.80 Å². The molecule has 1 aliphatic rings. The minimum atomic E-state index is -0.431. The number of aryl methyl sites for hydroxylation is 1. The molecule has 0 aromatic carbocycles. The van der Waals surface area contributed by atoms with Gasteiger partial charge < -0.3 is 9.80 Å². The van der Waals surface area contributed by atoms with Gasteiger partial charge in [-0.3, -0.25) is 0 Å². The summed E-state index contributed by atoms with van der Waals surface area (Å²) in [6.07, 6.45) is 2.36. The van der Waals surface area contributed by atoms with Crippen molar-refractivity contribution < 1.29 is 4.39 Å². The lowest BCUT2D eigenvalue weighted by Gasteiger charge is -2.44. The molecule has 9 heteroatoms. The van der Waals surface area contributed by atoms with Crippen LogP contribution in [0.4, 0.5) is 16.2 Å². The molecule has 1 saturated heterocycles. The first-order chi connectivity index (χ1) is 11.1. The monoisotopic (exact) mass is 314 g/mol. The van der Waals surface area contributed by atoms with Gasteiger partial charge in [0.1, 0.15) is 5.82 Å². The third-order valence-corrected chi connectivity index (χ3v) is 4.06. The number of rotatable bonds is 3. The van der Waals surface area contributed by atoms with Crippen molar-refractivity contribution in [1.82, 2.24) is 29.8 Å². The number of hydrogen-bond acceptors (Lipinski definition) is 7. The molecule has 0 atom stereocenters. The average molecular weight is 314 g/mol. The molecule has 0 aliphatic carbocycles. The van der Waals surface area contributed by atoms with Gasteiger partial charge in [0.15, 0.2) is 17.3 Å². The summed E-state index contributed by atoms with van der Waals surface area (Å²) in [6, 6.07) is 4.11. The van der Waals surface area contributed by atoms with Crippen molar-refractivity contribution in [3.05, 3.63) is 36.2 Å². The van der Waals surface area contributed by atoms with Crippen molar-refractivity contribution in [2.24, 2.45) is 0 Å². The Bertz CT molecular complexity index is 840. The quantitative estimate of drug-likeness (QED) is 0.704. The van der Waals surface area contributed by atoms with E-state index < -0.39 is 5.82 Å². The van der Waals surface area contributed by atoms with Gasteiger partial charge in [0.05, 0.1) is 18.4 Å². The van der Waals surface area contributed by atoms with Crippen LogP contribution in [0.25, 0.3) is 5.65 Å². The summed E-state index contributed by atoms with van der Waals surface area (Å²) in [5.74, 6) is 1.73. The molecule has 0 N–H and O–H groups in total. The normalized spacial score (nSPS) is 15.0. The molecule has 0 amide bonds. The van der Waals surface area contributed by atoms with E-state index in [1.54, 1.807) is 4.52 Å². The number of likely N-dealkylation sites (N-methyl/N-ethyl adjacent to an activating group) is 1. The highest BCUT2D eigenvalue weighted by atomic mass is 19.1. The van der Waals surface area contributed by atoms with Crippen LogP contribution in [-0.2, 0) is 0 Å². The predicted octanol–water partition coefficient (Wildman–Crippen LogP) is 0.687. The van der Waals surface area contributed by atoms with Crippen molar-refractivity contribution in [2.45, 2.75) is 13.0 Å². The van der Waals surface area contributed by atoms with Gasteiger partial charge in [0, 0.05) is 20.1 Å². The maximum Gasteiger partial charge on any atom is 0.225 e. The smallest absolute Gasteiger partial charge is 0.225 e. The number of anilines is 2. The molecule has 0 bridgehead atoms. The topological polar surface area (TPSA) is 75.3 Å². The molecule has 23 heavy (non-hydrogen) atoms. The molecule has 4 heterocycles. The average Bonchev–Trinajstić information content (AvgIpc) is 2.88. The van der Waals surface area contributed by atoms with E-state index in [2.05, 4.69) is 30.2 Å². The van der Waals surface area contributed by atoms with Gasteiger partial charge >= 0.3 is 0 Å². The highest BCUT2D eigenvalue weighted by Gasteiger charge is 2.32. The van der Waals surface area contributed by atoms with Gasteiger partial charge in [-0.1, -0.05) is 0 Å². The highest BCUT2D eigenvalue weighted by Crippen LogP contribution is 2.23. The summed E-state index contributed by atoms with van der Waals surface area (Å²) in [4.78, 5) is 12.1. The van der Waals surface area contributed by atoms with Crippen LogP contribution in [-0.4, -0.2) is 56.0 Å². The Morgan fingerprint density at radius 1 is 1.17 bits per heavy atom. The summed E-state index contributed by atoms with van der Waals surface area (Å²) in [7, 11) is 1.91. The lowest BCUT2D eigenvalue weighted by atomic mass is 10.1. The number of halogens is 1. The van der Waals surface area contributed by atoms with E-state index in [1.165, 1.54) is 12.4 Å². The van der Waals surface area contributed by atoms with Crippen LogP contribution >= 0.6 is 0 Å². The Balaban J connectivity index is 1.47. The van der Waals surface area contributed by atoms with Crippen molar-refractivity contribution in [2.75, 3.05) is 29.9 Å². The minimum Gasteiger partial charge on any atom is -0.351 e. The van der Waals surface area contributed by atoms with Crippen LogP contribution in [0.2, 0.25) is 0 Å². The Kier molecular flexibility index (Phi) is 3.07. The second-order valence-electron chi connectivity index (χ2n) is 5.58. The van der Waals surface area contributed by atoms with E-state index in [0.717, 1.165) is 30.4 Å². The van der Waals surface area contributed by atoms with E-state index in [-0.39, 0.29) is 6.04 Å². The zero-order valence-corrected chi connectivity index (χ0v) is 12.8. The SMILES string of the molecule is Cc1nnc2ccc(N3CC(N(C)c4ncc(F)cn4)C3)nn12. The van der Waals surface area contributed by atoms with Crippen LogP contribution in [0.1, 0.15) is 5.82 Å². The molecular weight excluding hydrogens is 299 g/mol. The van der Waals surface area contributed by atoms with Crippen LogP contribution in [0.3, 0.4) is 0 Å². The van der Waals surface area contributed by atoms with Crippen LogP contribution in [0, 0.1) is 12.7 Å². The number of hydrogen-bond donors (Lipinski definition) is 0. The maximum absolute atomic E-state index is 12.9. The molecule has 4 rings (SSSR count). The molecule has 0 radical (unpaired) electrons. The second kappa shape index (κ2) is 5.11. The van der Waals surface area contributed by atoms with Gasteiger partial charge in [-0.05, 0) is 19.1 Å². The zero-order valence-electron chi connectivity index (χ0n) is 12.8. The summed E-state index contributed by atoms with van der Waals surface area (Å²) in [6.45, 7) is 3.48. The van der Waals surface area contributed by atoms with E-state index in [9.17, 15) is 4.39 Å². The first-order valence-corrected chi connectivity index (χ1v) is 7.26. The summed E-state index contributed by atoms with van der Waals surface area (Å²) in [5, 5.41) is 12.6. The zero-order chi connectivity index (χ0) is 16.0.